The zero-order valence-electron chi connectivity index (χ0n) is 14.1. The molecule has 0 aromatic carbocycles. The largest absolute Gasteiger partial charge is 1.00 e. The van der Waals surface area contributed by atoms with Gasteiger partial charge in [0.25, 0.3) is 0 Å². The second-order valence-electron chi connectivity index (χ2n) is 4.95. The molecule has 0 saturated heterocycles. The molecule has 0 radical (unpaired) electrons. The lowest BCUT2D eigenvalue weighted by Crippen LogP contribution is -3.11. The van der Waals surface area contributed by atoms with E-state index in [2.05, 4.69) is 24.3 Å². The highest BCUT2D eigenvalue weighted by Crippen LogP contribution is 2.13. The monoisotopic (exact) mass is 375 g/mol. The average molecular weight is 376 g/mol. The van der Waals surface area contributed by atoms with Crippen LogP contribution in [0.15, 0.2) is 21.7 Å². The second kappa shape index (κ2) is 12.0. The summed E-state index contributed by atoms with van der Waals surface area (Å²) in [5.41, 5.74) is 2.02. The summed E-state index contributed by atoms with van der Waals surface area (Å²) in [6.07, 6.45) is 1.84. The van der Waals surface area contributed by atoms with Crippen molar-refractivity contribution in [3.63, 3.8) is 0 Å². The van der Waals surface area contributed by atoms with Crippen molar-refractivity contribution in [3.8, 4) is 0 Å². The molecule has 1 heterocycles. The van der Waals surface area contributed by atoms with Gasteiger partial charge in [0.2, 0.25) is 0 Å². The van der Waals surface area contributed by atoms with Crippen molar-refractivity contribution >= 4 is 23.9 Å². The van der Waals surface area contributed by atoms with Crippen LogP contribution in [-0.2, 0) is 9.59 Å². The van der Waals surface area contributed by atoms with Crippen LogP contribution in [0.4, 0.5) is 5.88 Å². The Bertz CT molecular complexity index is 600. The van der Waals surface area contributed by atoms with Crippen LogP contribution < -0.4 is 28.0 Å². The van der Waals surface area contributed by atoms with E-state index in [1.165, 1.54) is 11.0 Å². The van der Waals surface area contributed by atoms with Gasteiger partial charge >= 0.3 is 17.7 Å². The maximum absolute atomic E-state index is 11.5. The van der Waals surface area contributed by atoms with E-state index in [0.29, 0.717) is 6.54 Å². The van der Waals surface area contributed by atoms with Gasteiger partial charge in [0.15, 0.2) is 5.76 Å². The van der Waals surface area contributed by atoms with Gasteiger partial charge in [-0.3, -0.25) is 19.7 Å². The highest BCUT2D eigenvalue weighted by atomic mass is 35.5. The number of carbonyl (C=O) groups is 2. The lowest BCUT2D eigenvalue weighted by atomic mass is 10.3. The quantitative estimate of drug-likeness (QED) is 0.133. The van der Waals surface area contributed by atoms with Crippen molar-refractivity contribution in [2.24, 2.45) is 5.10 Å². The molecule has 0 unspecified atom stereocenters. The lowest BCUT2D eigenvalue weighted by molar-refractivity contribution is -0.896. The molecule has 10 nitrogen and oxygen atoms in total. The van der Waals surface area contributed by atoms with Crippen LogP contribution in [0.5, 0.6) is 0 Å². The van der Waals surface area contributed by atoms with Gasteiger partial charge in [-0.25, -0.2) is 5.43 Å². The van der Waals surface area contributed by atoms with E-state index in [4.69, 9.17) is 4.42 Å². The summed E-state index contributed by atoms with van der Waals surface area (Å²) in [5, 5.41) is 16.4. The molecule has 0 atom stereocenters. The number of hydrazone groups is 1. The highest BCUT2D eigenvalue weighted by molar-refractivity contribution is 6.35. The molecule has 3 N–H and O–H groups in total. The predicted octanol–water partition coefficient (Wildman–Crippen LogP) is -3.93. The number of rotatable bonds is 9. The van der Waals surface area contributed by atoms with Crippen molar-refractivity contribution in [2.75, 3.05) is 26.2 Å². The van der Waals surface area contributed by atoms with Gasteiger partial charge in [-0.2, -0.15) is 5.10 Å². The molecule has 140 valence electrons. The highest BCUT2D eigenvalue weighted by Gasteiger charge is 2.13. The number of amides is 2. The van der Waals surface area contributed by atoms with Crippen molar-refractivity contribution in [3.05, 3.63) is 28.0 Å². The third-order valence-electron chi connectivity index (χ3n) is 3.35. The summed E-state index contributed by atoms with van der Waals surface area (Å²) < 4.78 is 4.81. The minimum atomic E-state index is -0.914. The number of halogens is 1. The van der Waals surface area contributed by atoms with Gasteiger partial charge in [-0.05, 0) is 19.9 Å². The molecule has 0 saturated carbocycles. The fourth-order valence-electron chi connectivity index (χ4n) is 1.94. The fourth-order valence-corrected chi connectivity index (χ4v) is 1.94. The van der Waals surface area contributed by atoms with Gasteiger partial charge in [0.1, 0.15) is 4.92 Å². The SMILES string of the molecule is CC[NH+](CC)CCCNC(=O)C(=O)N/N=C/c1ccc([N+](=O)[O-])o1.[Cl-]. The number of carbonyl (C=O) groups excluding carboxylic acids is 2. The number of hydrogen-bond donors (Lipinski definition) is 3. The predicted molar refractivity (Wildman–Crippen MR) is 85.6 cm³/mol. The van der Waals surface area contributed by atoms with Gasteiger partial charge in [-0.15, -0.1) is 0 Å². The first-order valence-corrected chi connectivity index (χ1v) is 7.66. The molecular formula is C14H22ClN5O5. The van der Waals surface area contributed by atoms with Crippen LogP contribution in [0, 0.1) is 10.1 Å². The van der Waals surface area contributed by atoms with Crippen molar-refractivity contribution < 1.29 is 36.2 Å². The maximum atomic E-state index is 11.5. The number of quaternary nitrogens is 1. The first-order chi connectivity index (χ1) is 11.5. The fraction of sp³-hybridized carbons (Fsp3) is 0.500. The number of nitrogens with zero attached hydrogens (tertiary/aromatic N) is 2. The van der Waals surface area contributed by atoms with Crippen LogP contribution in [0.25, 0.3) is 0 Å². The van der Waals surface area contributed by atoms with Gasteiger partial charge < -0.3 is 27.0 Å². The summed E-state index contributed by atoms with van der Waals surface area (Å²) in [7, 11) is 0. The van der Waals surface area contributed by atoms with Gasteiger partial charge in [0.05, 0.1) is 31.9 Å². The average Bonchev–Trinajstić information content (AvgIpc) is 3.04. The van der Waals surface area contributed by atoms with E-state index in [9.17, 15) is 19.7 Å². The summed E-state index contributed by atoms with van der Waals surface area (Å²) in [6.45, 7) is 7.55. The molecule has 2 amide bonds. The molecule has 0 aliphatic carbocycles. The van der Waals surface area contributed by atoms with E-state index in [0.717, 1.165) is 38.3 Å². The molecule has 0 aliphatic rings. The molecule has 0 fully saturated rings. The molecule has 25 heavy (non-hydrogen) atoms. The Morgan fingerprint density at radius 1 is 1.32 bits per heavy atom. The smallest absolute Gasteiger partial charge is 0.433 e. The Kier molecular flexibility index (Phi) is 10.8. The zero-order chi connectivity index (χ0) is 17.9. The molecule has 1 rings (SSSR count). The van der Waals surface area contributed by atoms with E-state index in [1.54, 1.807) is 0 Å². The number of nitro groups is 1. The summed E-state index contributed by atoms with van der Waals surface area (Å²) in [4.78, 5) is 34.2. The molecule has 0 spiro atoms. The maximum Gasteiger partial charge on any atom is 0.433 e. The standard InChI is InChI=1S/C14H21N5O5.ClH/c1-3-18(4-2)9-5-8-15-13(20)14(21)17-16-10-11-6-7-12(24-11)19(22)23;/h6-7,10H,3-5,8-9H2,1-2H3,(H,15,20)(H,17,21);1H/b16-10+;. The van der Waals surface area contributed by atoms with Crippen LogP contribution in [-0.4, -0.2) is 49.1 Å². The Morgan fingerprint density at radius 2 is 2.00 bits per heavy atom. The van der Waals surface area contributed by atoms with Crippen molar-refractivity contribution in [1.82, 2.24) is 10.7 Å². The van der Waals surface area contributed by atoms with E-state index in [1.807, 2.05) is 5.43 Å². The molecule has 1 aromatic heterocycles. The number of nitrogens with one attached hydrogen (secondary N) is 3. The first kappa shape index (κ1) is 22.5. The van der Waals surface area contributed by atoms with Crippen molar-refractivity contribution in [1.29, 1.82) is 0 Å². The lowest BCUT2D eigenvalue weighted by Gasteiger charge is -2.14. The minimum absolute atomic E-state index is 0. The number of hydrogen-bond acceptors (Lipinski definition) is 6. The van der Waals surface area contributed by atoms with Gasteiger partial charge in [-0.1, -0.05) is 0 Å². The topological polar surface area (TPSA) is 131 Å². The molecular weight excluding hydrogens is 354 g/mol. The van der Waals surface area contributed by atoms with Crippen molar-refractivity contribution in [2.45, 2.75) is 20.3 Å². The summed E-state index contributed by atoms with van der Waals surface area (Å²) in [6, 6.07) is 2.48. The van der Waals surface area contributed by atoms with E-state index in [-0.39, 0.29) is 18.2 Å². The Balaban J connectivity index is 0.00000576. The van der Waals surface area contributed by atoms with Crippen LogP contribution >= 0.6 is 0 Å². The molecule has 1 aromatic rings. The summed E-state index contributed by atoms with van der Waals surface area (Å²) in [5.74, 6) is -2.05. The third kappa shape index (κ3) is 8.27. The minimum Gasteiger partial charge on any atom is -1.00 e. The van der Waals surface area contributed by atoms with Crippen LogP contribution in [0.3, 0.4) is 0 Å². The third-order valence-corrected chi connectivity index (χ3v) is 3.35. The van der Waals surface area contributed by atoms with Crippen LogP contribution in [0.2, 0.25) is 0 Å². The molecule has 11 heteroatoms. The Morgan fingerprint density at radius 3 is 2.56 bits per heavy atom. The van der Waals surface area contributed by atoms with Gasteiger partial charge in [0, 0.05) is 13.0 Å². The molecule has 0 aliphatic heterocycles. The van der Waals surface area contributed by atoms with Crippen LogP contribution in [0.1, 0.15) is 26.0 Å². The second-order valence-corrected chi connectivity index (χ2v) is 4.95. The Labute approximate surface area is 151 Å². The number of furan rings is 1. The first-order valence-electron chi connectivity index (χ1n) is 7.66. The zero-order valence-corrected chi connectivity index (χ0v) is 14.8. The normalized spacial score (nSPS) is 10.5. The Hall–Kier alpha value is -2.46. The molecule has 0 bridgehead atoms. The summed E-state index contributed by atoms with van der Waals surface area (Å²) >= 11 is 0. The van der Waals surface area contributed by atoms with E-state index >= 15 is 0 Å². The van der Waals surface area contributed by atoms with E-state index < -0.39 is 22.6 Å².